The van der Waals surface area contributed by atoms with E-state index in [1.165, 1.54) is 35.3 Å². The van der Waals surface area contributed by atoms with Crippen molar-refractivity contribution in [3.8, 4) is 11.4 Å². The number of benzene rings is 1. The van der Waals surface area contributed by atoms with Gasteiger partial charge in [0.15, 0.2) is 5.82 Å². The SMILES string of the molecule is NC1CC=C(c2ncn(-c3ccc(OC(F)(F)F)cc3)n2)CC1. The van der Waals surface area contributed by atoms with Crippen molar-refractivity contribution in [1.29, 1.82) is 0 Å². The number of alkyl halides is 3. The van der Waals surface area contributed by atoms with Crippen LogP contribution in [0.4, 0.5) is 13.2 Å². The van der Waals surface area contributed by atoms with E-state index >= 15 is 0 Å². The fourth-order valence-corrected chi connectivity index (χ4v) is 2.39. The number of nitrogens with two attached hydrogens (primary N) is 1. The summed E-state index contributed by atoms with van der Waals surface area (Å²) in [5.74, 6) is 0.345. The van der Waals surface area contributed by atoms with Crippen molar-refractivity contribution in [1.82, 2.24) is 14.8 Å². The van der Waals surface area contributed by atoms with E-state index in [2.05, 4.69) is 14.8 Å². The number of allylic oxidation sites excluding steroid dienone is 1. The number of halogens is 3. The minimum Gasteiger partial charge on any atom is -0.406 e. The van der Waals surface area contributed by atoms with Crippen molar-refractivity contribution in [2.24, 2.45) is 5.73 Å². The number of hydrogen-bond donors (Lipinski definition) is 1. The fraction of sp³-hybridized carbons (Fsp3) is 0.333. The lowest BCUT2D eigenvalue weighted by Gasteiger charge is -2.15. The first kappa shape index (κ1) is 15.5. The maximum absolute atomic E-state index is 12.1. The molecule has 23 heavy (non-hydrogen) atoms. The summed E-state index contributed by atoms with van der Waals surface area (Å²) in [6.45, 7) is 0. The van der Waals surface area contributed by atoms with Crippen LogP contribution in [0.3, 0.4) is 0 Å². The van der Waals surface area contributed by atoms with Gasteiger partial charge in [-0.3, -0.25) is 0 Å². The molecule has 0 aliphatic heterocycles. The van der Waals surface area contributed by atoms with Crippen LogP contribution in [0.5, 0.6) is 5.75 Å². The first-order chi connectivity index (χ1) is 10.9. The molecule has 1 unspecified atom stereocenters. The molecule has 0 amide bonds. The van der Waals surface area contributed by atoms with Gasteiger partial charge in [0.25, 0.3) is 0 Å². The van der Waals surface area contributed by atoms with Gasteiger partial charge < -0.3 is 10.5 Å². The molecule has 122 valence electrons. The zero-order valence-corrected chi connectivity index (χ0v) is 12.1. The Labute approximate surface area is 130 Å². The van der Waals surface area contributed by atoms with Gasteiger partial charge in [-0.2, -0.15) is 0 Å². The third kappa shape index (κ3) is 3.89. The quantitative estimate of drug-likeness (QED) is 0.942. The topological polar surface area (TPSA) is 66.0 Å². The minimum absolute atomic E-state index is 0.182. The molecule has 8 heteroatoms. The summed E-state index contributed by atoms with van der Waals surface area (Å²) in [5, 5.41) is 4.37. The second-order valence-electron chi connectivity index (χ2n) is 5.32. The largest absolute Gasteiger partial charge is 0.573 e. The van der Waals surface area contributed by atoms with Gasteiger partial charge in [0.05, 0.1) is 5.69 Å². The van der Waals surface area contributed by atoms with Gasteiger partial charge in [-0.1, -0.05) is 6.08 Å². The van der Waals surface area contributed by atoms with Crippen molar-refractivity contribution >= 4 is 5.57 Å². The Bertz CT molecular complexity index is 706. The number of ether oxygens (including phenoxy) is 1. The van der Waals surface area contributed by atoms with E-state index in [9.17, 15) is 13.2 Å². The zero-order valence-electron chi connectivity index (χ0n) is 12.1. The van der Waals surface area contributed by atoms with Crippen LogP contribution in [0.2, 0.25) is 0 Å². The molecule has 1 atom stereocenters. The normalized spacial score (nSPS) is 18.6. The number of nitrogens with zero attached hydrogens (tertiary/aromatic N) is 3. The molecule has 0 saturated heterocycles. The summed E-state index contributed by atoms with van der Waals surface area (Å²) in [5.41, 5.74) is 7.49. The molecule has 1 aliphatic carbocycles. The average Bonchev–Trinajstić information content (AvgIpc) is 2.97. The van der Waals surface area contributed by atoms with E-state index in [-0.39, 0.29) is 11.8 Å². The molecular weight excluding hydrogens is 309 g/mol. The van der Waals surface area contributed by atoms with Crippen LogP contribution in [0.1, 0.15) is 25.1 Å². The molecule has 0 saturated carbocycles. The van der Waals surface area contributed by atoms with Crippen LogP contribution in [0.15, 0.2) is 36.7 Å². The molecule has 5 nitrogen and oxygen atoms in total. The molecule has 0 bridgehead atoms. The number of rotatable bonds is 3. The smallest absolute Gasteiger partial charge is 0.406 e. The Morgan fingerprint density at radius 1 is 1.22 bits per heavy atom. The summed E-state index contributed by atoms with van der Waals surface area (Å²) >= 11 is 0. The highest BCUT2D eigenvalue weighted by Crippen LogP contribution is 2.25. The predicted octanol–water partition coefficient (Wildman–Crippen LogP) is 3.06. The first-order valence-corrected chi connectivity index (χ1v) is 7.13. The van der Waals surface area contributed by atoms with Crippen LogP contribution in [-0.2, 0) is 0 Å². The van der Waals surface area contributed by atoms with Crippen LogP contribution in [0.25, 0.3) is 11.3 Å². The highest BCUT2D eigenvalue weighted by atomic mass is 19.4. The summed E-state index contributed by atoms with van der Waals surface area (Å²) in [6, 6.07) is 5.64. The van der Waals surface area contributed by atoms with E-state index in [0.29, 0.717) is 11.5 Å². The predicted molar refractivity (Wildman–Crippen MR) is 77.8 cm³/mol. The third-order valence-electron chi connectivity index (χ3n) is 3.57. The van der Waals surface area contributed by atoms with Gasteiger partial charge in [0.2, 0.25) is 0 Å². The average molecular weight is 324 g/mol. The van der Waals surface area contributed by atoms with E-state index in [4.69, 9.17) is 5.73 Å². The van der Waals surface area contributed by atoms with Crippen molar-refractivity contribution in [2.45, 2.75) is 31.7 Å². The van der Waals surface area contributed by atoms with E-state index in [1.54, 1.807) is 0 Å². The number of aromatic nitrogens is 3. The molecule has 1 aromatic heterocycles. The van der Waals surface area contributed by atoms with E-state index in [0.717, 1.165) is 24.8 Å². The highest BCUT2D eigenvalue weighted by molar-refractivity contribution is 5.60. The molecule has 1 aromatic carbocycles. The van der Waals surface area contributed by atoms with Crippen LogP contribution < -0.4 is 10.5 Å². The molecule has 3 rings (SSSR count). The van der Waals surface area contributed by atoms with E-state index in [1.807, 2.05) is 6.08 Å². The second kappa shape index (κ2) is 6.04. The van der Waals surface area contributed by atoms with E-state index < -0.39 is 6.36 Å². The van der Waals surface area contributed by atoms with Gasteiger partial charge in [0, 0.05) is 6.04 Å². The zero-order chi connectivity index (χ0) is 16.4. The van der Waals surface area contributed by atoms with Gasteiger partial charge >= 0.3 is 6.36 Å². The fourth-order valence-electron chi connectivity index (χ4n) is 2.39. The second-order valence-corrected chi connectivity index (χ2v) is 5.32. The Kier molecular flexibility index (Phi) is 4.08. The van der Waals surface area contributed by atoms with Crippen molar-refractivity contribution in [2.75, 3.05) is 0 Å². The Hall–Kier alpha value is -2.35. The summed E-state index contributed by atoms with van der Waals surface area (Å²) < 4.78 is 41.8. The monoisotopic (exact) mass is 324 g/mol. The molecule has 1 heterocycles. The van der Waals surface area contributed by atoms with Crippen LogP contribution in [0, 0.1) is 0 Å². The molecule has 0 fully saturated rings. The standard InChI is InChI=1S/C15H15F3N4O/c16-15(17,18)23-13-7-5-12(6-8-13)22-9-20-14(21-22)10-1-3-11(19)4-2-10/h1,5-9,11H,2-4,19H2. The van der Waals surface area contributed by atoms with Gasteiger partial charge in [0.1, 0.15) is 12.1 Å². The molecular formula is C15H15F3N4O. The first-order valence-electron chi connectivity index (χ1n) is 7.13. The lowest BCUT2D eigenvalue weighted by molar-refractivity contribution is -0.274. The Balaban J connectivity index is 1.75. The summed E-state index contributed by atoms with van der Waals surface area (Å²) in [6.07, 6.45) is 1.38. The van der Waals surface area contributed by atoms with Crippen molar-refractivity contribution in [3.05, 3.63) is 42.5 Å². The van der Waals surface area contributed by atoms with Gasteiger partial charge in [-0.15, -0.1) is 18.3 Å². The molecule has 1 aliphatic rings. The lowest BCUT2D eigenvalue weighted by Crippen LogP contribution is -2.21. The minimum atomic E-state index is -4.70. The Morgan fingerprint density at radius 3 is 2.57 bits per heavy atom. The number of hydrogen-bond acceptors (Lipinski definition) is 4. The van der Waals surface area contributed by atoms with Gasteiger partial charge in [-0.05, 0) is 49.1 Å². The maximum Gasteiger partial charge on any atom is 0.573 e. The highest BCUT2D eigenvalue weighted by Gasteiger charge is 2.31. The molecule has 0 spiro atoms. The maximum atomic E-state index is 12.1. The molecule has 2 N–H and O–H groups in total. The van der Waals surface area contributed by atoms with Crippen molar-refractivity contribution < 1.29 is 17.9 Å². The molecule has 0 radical (unpaired) electrons. The van der Waals surface area contributed by atoms with Crippen LogP contribution in [-0.4, -0.2) is 27.2 Å². The summed E-state index contributed by atoms with van der Waals surface area (Å²) in [7, 11) is 0. The summed E-state index contributed by atoms with van der Waals surface area (Å²) in [4.78, 5) is 4.25. The Morgan fingerprint density at radius 2 is 1.96 bits per heavy atom. The van der Waals surface area contributed by atoms with Crippen molar-refractivity contribution in [3.63, 3.8) is 0 Å². The third-order valence-corrected chi connectivity index (χ3v) is 3.57. The lowest BCUT2D eigenvalue weighted by atomic mass is 9.95. The molecule has 2 aromatic rings. The van der Waals surface area contributed by atoms with Crippen LogP contribution >= 0.6 is 0 Å². The van der Waals surface area contributed by atoms with Gasteiger partial charge in [-0.25, -0.2) is 9.67 Å².